The number of nitrogens with one attached hydrogen (secondary N) is 1. The average Bonchev–Trinajstić information content (AvgIpc) is 3.03. The van der Waals surface area contributed by atoms with Crippen LogP contribution >= 0.6 is 11.6 Å². The Balaban J connectivity index is 1.70. The molecule has 1 aliphatic rings. The molecule has 12 heteroatoms. The second kappa shape index (κ2) is 14.8. The Morgan fingerprint density at radius 2 is 1.59 bits per heavy atom. The lowest BCUT2D eigenvalue weighted by atomic mass is 9.95. The Morgan fingerprint density at radius 3 is 2.20 bits per heavy atom. The van der Waals surface area contributed by atoms with Gasteiger partial charge in [0.1, 0.15) is 18.4 Å². The van der Waals surface area contributed by atoms with Crippen LogP contribution in [0.2, 0.25) is 5.02 Å². The second-order valence-corrected chi connectivity index (χ2v) is 13.0. The topological polar surface area (TPSA) is 105 Å². The summed E-state index contributed by atoms with van der Waals surface area (Å²) < 4.78 is 53.4. The largest absolute Gasteiger partial charge is 0.493 e. The number of carbonyl (C=O) groups is 2. The predicted molar refractivity (Wildman–Crippen MR) is 167 cm³/mol. The molecule has 0 aromatic heterocycles. The Labute approximate surface area is 262 Å². The summed E-state index contributed by atoms with van der Waals surface area (Å²) in [5, 5.41) is 3.44. The molecule has 4 rings (SSSR count). The molecular formula is C32H37ClFN3O6S. The van der Waals surface area contributed by atoms with Gasteiger partial charge in [-0.05, 0) is 73.9 Å². The van der Waals surface area contributed by atoms with Crippen LogP contribution < -0.4 is 19.1 Å². The van der Waals surface area contributed by atoms with E-state index in [-0.39, 0.29) is 34.8 Å². The summed E-state index contributed by atoms with van der Waals surface area (Å²) in [4.78, 5) is 28.7. The second-order valence-electron chi connectivity index (χ2n) is 10.7. The maximum Gasteiger partial charge on any atom is 0.264 e. The summed E-state index contributed by atoms with van der Waals surface area (Å²) in [5.74, 6) is -0.872. The number of hydrogen-bond donors (Lipinski definition) is 1. The number of nitrogens with zero attached hydrogens (tertiary/aromatic N) is 2. The van der Waals surface area contributed by atoms with Crippen LogP contribution in [0.1, 0.15) is 44.6 Å². The van der Waals surface area contributed by atoms with E-state index in [1.54, 1.807) is 6.92 Å². The first-order valence-electron chi connectivity index (χ1n) is 14.4. The molecular weight excluding hydrogens is 609 g/mol. The Bertz CT molecular complexity index is 1550. The Kier molecular flexibility index (Phi) is 11.1. The van der Waals surface area contributed by atoms with Crippen LogP contribution in [-0.4, -0.2) is 58.0 Å². The van der Waals surface area contributed by atoms with Gasteiger partial charge < -0.3 is 19.7 Å². The molecule has 0 heterocycles. The van der Waals surface area contributed by atoms with Gasteiger partial charge in [0, 0.05) is 23.7 Å². The lowest BCUT2D eigenvalue weighted by Gasteiger charge is -2.33. The average molecular weight is 646 g/mol. The lowest BCUT2D eigenvalue weighted by molar-refractivity contribution is -0.139. The number of hydrogen-bond acceptors (Lipinski definition) is 6. The monoisotopic (exact) mass is 645 g/mol. The maximum absolute atomic E-state index is 14.1. The minimum absolute atomic E-state index is 0.0115. The van der Waals surface area contributed by atoms with Crippen molar-refractivity contribution in [3.63, 3.8) is 0 Å². The van der Waals surface area contributed by atoms with E-state index >= 15 is 0 Å². The van der Waals surface area contributed by atoms with E-state index in [1.807, 2.05) is 0 Å². The number of anilines is 1. The molecule has 1 N–H and O–H groups in total. The molecule has 0 spiro atoms. The van der Waals surface area contributed by atoms with E-state index in [1.165, 1.54) is 85.8 Å². The van der Waals surface area contributed by atoms with Crippen LogP contribution in [-0.2, 0) is 26.2 Å². The normalized spacial score (nSPS) is 14.4. The van der Waals surface area contributed by atoms with Crippen LogP contribution in [0.15, 0.2) is 71.6 Å². The molecule has 44 heavy (non-hydrogen) atoms. The first-order chi connectivity index (χ1) is 21.0. The third kappa shape index (κ3) is 8.00. The van der Waals surface area contributed by atoms with E-state index in [2.05, 4.69) is 5.32 Å². The minimum atomic E-state index is -4.34. The van der Waals surface area contributed by atoms with Crippen LogP contribution in [0.4, 0.5) is 10.1 Å². The van der Waals surface area contributed by atoms with E-state index < -0.39 is 34.3 Å². The van der Waals surface area contributed by atoms with Crippen molar-refractivity contribution < 1.29 is 31.9 Å². The smallest absolute Gasteiger partial charge is 0.264 e. The fraction of sp³-hybridized carbons (Fsp3) is 0.375. The molecule has 0 radical (unpaired) electrons. The van der Waals surface area contributed by atoms with Crippen LogP contribution in [0.3, 0.4) is 0 Å². The van der Waals surface area contributed by atoms with E-state index in [0.717, 1.165) is 36.4 Å². The zero-order valence-corrected chi connectivity index (χ0v) is 26.5. The summed E-state index contributed by atoms with van der Waals surface area (Å²) in [6.45, 7) is 0.943. The molecule has 9 nitrogen and oxygen atoms in total. The third-order valence-electron chi connectivity index (χ3n) is 7.72. The summed E-state index contributed by atoms with van der Waals surface area (Å²) in [6.07, 6.45) is 4.87. The molecule has 1 saturated carbocycles. The van der Waals surface area contributed by atoms with Gasteiger partial charge in [0.15, 0.2) is 11.5 Å². The summed E-state index contributed by atoms with van der Waals surface area (Å²) in [7, 11) is -1.52. The van der Waals surface area contributed by atoms with Crippen molar-refractivity contribution in [1.82, 2.24) is 10.2 Å². The third-order valence-corrected chi connectivity index (χ3v) is 9.74. The highest BCUT2D eigenvalue weighted by Gasteiger charge is 2.33. The number of halogens is 2. The number of methoxy groups -OCH3 is 2. The highest BCUT2D eigenvalue weighted by atomic mass is 35.5. The van der Waals surface area contributed by atoms with Crippen molar-refractivity contribution in [2.75, 3.05) is 25.1 Å². The van der Waals surface area contributed by atoms with Gasteiger partial charge in [-0.15, -0.1) is 0 Å². The molecule has 1 unspecified atom stereocenters. The van der Waals surface area contributed by atoms with Gasteiger partial charge >= 0.3 is 0 Å². The van der Waals surface area contributed by atoms with Gasteiger partial charge in [0.25, 0.3) is 10.0 Å². The zero-order chi connectivity index (χ0) is 31.9. The van der Waals surface area contributed by atoms with Crippen molar-refractivity contribution in [1.29, 1.82) is 0 Å². The SMILES string of the molecule is COc1ccc(S(=O)(=O)N(CC(=O)N(Cc2ccc(F)cc2)C(C)C(=O)NC2CCCCC2)c2ccc(Cl)cc2)cc1OC. The predicted octanol–water partition coefficient (Wildman–Crippen LogP) is 5.56. The molecule has 1 aliphatic carbocycles. The molecule has 0 aliphatic heterocycles. The minimum Gasteiger partial charge on any atom is -0.493 e. The number of ether oxygens (including phenoxy) is 2. The van der Waals surface area contributed by atoms with Crippen LogP contribution in [0.5, 0.6) is 11.5 Å². The van der Waals surface area contributed by atoms with E-state index in [0.29, 0.717) is 16.3 Å². The number of benzene rings is 3. The lowest BCUT2D eigenvalue weighted by Crippen LogP contribution is -2.53. The van der Waals surface area contributed by atoms with E-state index in [4.69, 9.17) is 21.1 Å². The van der Waals surface area contributed by atoms with Crippen LogP contribution in [0, 0.1) is 5.82 Å². The van der Waals surface area contributed by atoms with Crippen molar-refractivity contribution in [3.8, 4) is 11.5 Å². The number of carbonyl (C=O) groups excluding carboxylic acids is 2. The molecule has 236 valence electrons. The van der Waals surface area contributed by atoms with Gasteiger partial charge in [0.2, 0.25) is 11.8 Å². The molecule has 1 atom stereocenters. The first kappa shape index (κ1) is 33.1. The summed E-state index contributed by atoms with van der Waals surface area (Å²) >= 11 is 6.09. The zero-order valence-electron chi connectivity index (χ0n) is 25.0. The van der Waals surface area contributed by atoms with Crippen molar-refractivity contribution in [2.24, 2.45) is 0 Å². The van der Waals surface area contributed by atoms with Gasteiger partial charge in [-0.3, -0.25) is 13.9 Å². The van der Waals surface area contributed by atoms with Crippen molar-refractivity contribution in [2.45, 2.75) is 62.6 Å². The maximum atomic E-state index is 14.1. The Morgan fingerprint density at radius 1 is 0.955 bits per heavy atom. The van der Waals surface area contributed by atoms with E-state index in [9.17, 15) is 22.4 Å². The standard InChI is InChI=1S/C32H37ClFN3O6S/c1-22(32(39)35-26-7-5-4-6-8-26)36(20-23-9-13-25(34)14-10-23)31(38)21-37(27-15-11-24(33)12-16-27)44(40,41)28-17-18-29(42-2)30(19-28)43-3/h9-19,22,26H,4-8,20-21H2,1-3H3,(H,35,39). The molecule has 3 aromatic rings. The molecule has 3 aromatic carbocycles. The number of rotatable bonds is 12. The van der Waals surface area contributed by atoms with Crippen molar-refractivity contribution >= 4 is 39.1 Å². The van der Waals surface area contributed by atoms with Crippen molar-refractivity contribution in [3.05, 3.63) is 83.1 Å². The van der Waals surface area contributed by atoms with Gasteiger partial charge in [-0.25, -0.2) is 12.8 Å². The number of sulfonamides is 1. The van der Waals surface area contributed by atoms with Gasteiger partial charge in [-0.1, -0.05) is 43.0 Å². The molecule has 1 fully saturated rings. The fourth-order valence-electron chi connectivity index (χ4n) is 5.18. The highest BCUT2D eigenvalue weighted by molar-refractivity contribution is 7.92. The summed E-state index contributed by atoms with van der Waals surface area (Å²) in [6, 6.07) is 14.8. The Hall–Kier alpha value is -3.83. The van der Waals surface area contributed by atoms with Gasteiger partial charge in [-0.2, -0.15) is 0 Å². The fourth-order valence-corrected chi connectivity index (χ4v) is 6.73. The highest BCUT2D eigenvalue weighted by Crippen LogP contribution is 2.33. The first-order valence-corrected chi connectivity index (χ1v) is 16.2. The quantitative estimate of drug-likeness (QED) is 0.277. The van der Waals surface area contributed by atoms with Crippen LogP contribution in [0.25, 0.3) is 0 Å². The summed E-state index contributed by atoms with van der Waals surface area (Å²) in [5.41, 5.74) is 0.774. The molecule has 0 saturated heterocycles. The van der Waals surface area contributed by atoms with Gasteiger partial charge in [0.05, 0.1) is 24.8 Å². The molecule has 2 amide bonds. The number of amides is 2. The molecule has 0 bridgehead atoms.